The minimum atomic E-state index is -1.15. The normalized spacial score (nSPS) is 10.2. The molecule has 0 saturated heterocycles. The van der Waals surface area contributed by atoms with Crippen LogP contribution < -0.4 is 5.32 Å². The van der Waals surface area contributed by atoms with Gasteiger partial charge < -0.3 is 5.11 Å². The van der Waals surface area contributed by atoms with Gasteiger partial charge in [-0.3, -0.25) is 5.32 Å². The van der Waals surface area contributed by atoms with Crippen LogP contribution in [0.4, 0.5) is 9.18 Å². The van der Waals surface area contributed by atoms with E-state index >= 15 is 0 Å². The van der Waals surface area contributed by atoms with Crippen molar-refractivity contribution in [2.24, 2.45) is 0 Å². The van der Waals surface area contributed by atoms with Crippen LogP contribution in [0.25, 0.3) is 6.08 Å². The van der Waals surface area contributed by atoms with E-state index in [2.05, 4.69) is 0 Å². The van der Waals surface area contributed by atoms with Crippen LogP contribution in [-0.2, 0) is 0 Å². The Balaban J connectivity index is 2.63. The molecule has 0 aliphatic rings. The number of carbonyl (C=O) groups is 1. The highest BCUT2D eigenvalue weighted by molar-refractivity contribution is 5.67. The Morgan fingerprint density at radius 3 is 2.92 bits per heavy atom. The molecule has 0 heterocycles. The lowest BCUT2D eigenvalue weighted by Crippen LogP contribution is -2.12. The van der Waals surface area contributed by atoms with Gasteiger partial charge in [-0.2, -0.15) is 0 Å². The third kappa shape index (κ3) is 3.37. The minimum absolute atomic E-state index is 0.350. The van der Waals surface area contributed by atoms with Gasteiger partial charge >= 0.3 is 6.09 Å². The number of carboxylic acid groups (broad SMARTS) is 1. The summed E-state index contributed by atoms with van der Waals surface area (Å²) in [5.74, 6) is -0.350. The first-order valence-corrected chi connectivity index (χ1v) is 3.60. The van der Waals surface area contributed by atoms with Gasteiger partial charge in [-0.1, -0.05) is 12.1 Å². The van der Waals surface area contributed by atoms with E-state index in [0.717, 1.165) is 0 Å². The third-order valence-electron chi connectivity index (χ3n) is 1.33. The maximum Gasteiger partial charge on any atom is 0.408 e. The molecule has 0 atom stereocenters. The molecule has 0 saturated carbocycles. The van der Waals surface area contributed by atoms with Crippen LogP contribution in [0.5, 0.6) is 0 Å². The number of amides is 1. The van der Waals surface area contributed by atoms with Crippen LogP contribution >= 0.6 is 0 Å². The Bertz CT molecular complexity index is 336. The van der Waals surface area contributed by atoms with Gasteiger partial charge in [-0.05, 0) is 23.8 Å². The molecule has 0 spiro atoms. The number of halogens is 1. The molecule has 0 bridgehead atoms. The highest BCUT2D eigenvalue weighted by Gasteiger charge is 1.90. The molecule has 0 aliphatic carbocycles. The SMILES string of the molecule is O=C(O)N/C=C/c1cccc(F)c1. The average molecular weight is 181 g/mol. The van der Waals surface area contributed by atoms with Crippen LogP contribution in [0.1, 0.15) is 5.56 Å². The van der Waals surface area contributed by atoms with Gasteiger partial charge in [-0.15, -0.1) is 0 Å². The molecule has 3 nitrogen and oxygen atoms in total. The maximum atomic E-state index is 12.6. The Hall–Kier alpha value is -1.84. The zero-order valence-electron chi connectivity index (χ0n) is 6.70. The van der Waals surface area contributed by atoms with Crippen molar-refractivity contribution in [3.8, 4) is 0 Å². The van der Waals surface area contributed by atoms with Crippen LogP contribution in [0.2, 0.25) is 0 Å². The molecule has 4 heteroatoms. The summed E-state index contributed by atoms with van der Waals surface area (Å²) in [5.41, 5.74) is 0.605. The van der Waals surface area contributed by atoms with Gasteiger partial charge in [0, 0.05) is 6.20 Å². The van der Waals surface area contributed by atoms with Gasteiger partial charge in [-0.25, -0.2) is 9.18 Å². The van der Waals surface area contributed by atoms with Crippen molar-refractivity contribution >= 4 is 12.2 Å². The van der Waals surface area contributed by atoms with Crippen molar-refractivity contribution in [1.82, 2.24) is 5.32 Å². The molecule has 1 aromatic rings. The summed E-state index contributed by atoms with van der Waals surface area (Å²) < 4.78 is 12.6. The van der Waals surface area contributed by atoms with E-state index in [1.807, 2.05) is 5.32 Å². The average Bonchev–Trinajstić information content (AvgIpc) is 2.03. The lowest BCUT2D eigenvalue weighted by Gasteiger charge is -1.93. The summed E-state index contributed by atoms with van der Waals surface area (Å²) >= 11 is 0. The molecule has 0 unspecified atom stereocenters. The van der Waals surface area contributed by atoms with Crippen LogP contribution in [-0.4, -0.2) is 11.2 Å². The van der Waals surface area contributed by atoms with E-state index in [1.54, 1.807) is 12.1 Å². The van der Waals surface area contributed by atoms with Crippen molar-refractivity contribution < 1.29 is 14.3 Å². The summed E-state index contributed by atoms with van der Waals surface area (Å²) in [6.07, 6.45) is 1.56. The van der Waals surface area contributed by atoms with Crippen molar-refractivity contribution in [3.05, 3.63) is 41.8 Å². The number of rotatable bonds is 2. The first-order chi connectivity index (χ1) is 6.18. The second kappa shape index (κ2) is 4.25. The van der Waals surface area contributed by atoms with Crippen molar-refractivity contribution in [3.63, 3.8) is 0 Å². The molecule has 13 heavy (non-hydrogen) atoms. The standard InChI is InChI=1S/C9H8FNO2/c10-8-3-1-2-7(6-8)4-5-11-9(12)13/h1-6,11H,(H,12,13)/b5-4+. The van der Waals surface area contributed by atoms with Gasteiger partial charge in [0.15, 0.2) is 0 Å². The Labute approximate surface area is 74.5 Å². The van der Waals surface area contributed by atoms with Crippen LogP contribution in [0, 0.1) is 5.82 Å². The second-order valence-corrected chi connectivity index (χ2v) is 2.34. The zero-order valence-corrected chi connectivity index (χ0v) is 6.70. The summed E-state index contributed by atoms with van der Waals surface area (Å²) in [5, 5.41) is 10.2. The highest BCUT2D eigenvalue weighted by atomic mass is 19.1. The van der Waals surface area contributed by atoms with Crippen molar-refractivity contribution in [2.75, 3.05) is 0 Å². The van der Waals surface area contributed by atoms with Crippen LogP contribution in [0.15, 0.2) is 30.5 Å². The number of hydrogen-bond acceptors (Lipinski definition) is 1. The molecule has 1 aromatic carbocycles. The van der Waals surface area contributed by atoms with E-state index in [0.29, 0.717) is 5.56 Å². The fraction of sp³-hybridized carbons (Fsp3) is 0. The highest BCUT2D eigenvalue weighted by Crippen LogP contribution is 2.04. The molecule has 68 valence electrons. The zero-order chi connectivity index (χ0) is 9.68. The summed E-state index contributed by atoms with van der Waals surface area (Å²) in [6.45, 7) is 0. The quantitative estimate of drug-likeness (QED) is 0.733. The number of hydrogen-bond donors (Lipinski definition) is 2. The van der Waals surface area contributed by atoms with Crippen LogP contribution in [0.3, 0.4) is 0 Å². The van der Waals surface area contributed by atoms with Gasteiger partial charge in [0.1, 0.15) is 5.82 Å². The van der Waals surface area contributed by atoms with Gasteiger partial charge in [0.2, 0.25) is 0 Å². The molecule has 1 rings (SSSR count). The third-order valence-corrected chi connectivity index (χ3v) is 1.33. The lowest BCUT2D eigenvalue weighted by atomic mass is 10.2. The molecule has 0 aromatic heterocycles. The van der Waals surface area contributed by atoms with E-state index in [-0.39, 0.29) is 5.82 Å². The first-order valence-electron chi connectivity index (χ1n) is 3.60. The fourth-order valence-corrected chi connectivity index (χ4v) is 0.819. The molecule has 0 aliphatic heterocycles. The van der Waals surface area contributed by atoms with Crippen molar-refractivity contribution in [2.45, 2.75) is 0 Å². The monoisotopic (exact) mass is 181 g/mol. The minimum Gasteiger partial charge on any atom is -0.465 e. The predicted octanol–water partition coefficient (Wildman–Crippen LogP) is 2.06. The smallest absolute Gasteiger partial charge is 0.408 e. The molecule has 0 fully saturated rings. The van der Waals surface area contributed by atoms with Crippen molar-refractivity contribution in [1.29, 1.82) is 0 Å². The molecule has 0 radical (unpaired) electrons. The van der Waals surface area contributed by atoms with E-state index in [1.165, 1.54) is 24.4 Å². The molecule has 1 amide bonds. The summed E-state index contributed by atoms with van der Waals surface area (Å²) in [6, 6.07) is 5.85. The molecule has 2 N–H and O–H groups in total. The fourth-order valence-electron chi connectivity index (χ4n) is 0.819. The number of nitrogens with one attached hydrogen (secondary N) is 1. The van der Waals surface area contributed by atoms with E-state index in [4.69, 9.17) is 5.11 Å². The topological polar surface area (TPSA) is 49.3 Å². The Morgan fingerprint density at radius 2 is 2.31 bits per heavy atom. The Kier molecular flexibility index (Phi) is 3.03. The first kappa shape index (κ1) is 9.25. The second-order valence-electron chi connectivity index (χ2n) is 2.34. The molecular weight excluding hydrogens is 173 g/mol. The summed E-state index contributed by atoms with van der Waals surface area (Å²) in [4.78, 5) is 10.0. The maximum absolute atomic E-state index is 12.6. The largest absolute Gasteiger partial charge is 0.465 e. The summed E-state index contributed by atoms with van der Waals surface area (Å²) in [7, 11) is 0. The van der Waals surface area contributed by atoms with Gasteiger partial charge in [0.25, 0.3) is 0 Å². The van der Waals surface area contributed by atoms with E-state index < -0.39 is 6.09 Å². The lowest BCUT2D eigenvalue weighted by molar-refractivity contribution is 0.198. The molecular formula is C9H8FNO2. The predicted molar refractivity (Wildman–Crippen MR) is 46.6 cm³/mol. The number of benzene rings is 1. The Morgan fingerprint density at radius 1 is 1.54 bits per heavy atom. The van der Waals surface area contributed by atoms with Gasteiger partial charge in [0.05, 0.1) is 0 Å². The van der Waals surface area contributed by atoms with E-state index in [9.17, 15) is 9.18 Å².